The Kier molecular flexibility index (Phi) is 6.74. The van der Waals surface area contributed by atoms with Crippen molar-refractivity contribution in [1.82, 2.24) is 4.90 Å². The Labute approximate surface area is 188 Å². The van der Waals surface area contributed by atoms with Crippen LogP contribution in [0.4, 0.5) is 10.5 Å². The van der Waals surface area contributed by atoms with Gasteiger partial charge in [0.1, 0.15) is 17.9 Å². The zero-order valence-electron chi connectivity index (χ0n) is 19.2. The van der Waals surface area contributed by atoms with Crippen molar-refractivity contribution in [1.29, 1.82) is 0 Å². The number of nitrogens with zero attached hydrogens (tertiary/aromatic N) is 2. The number of amides is 1. The number of nitro groups is 1. The average Bonchev–Trinajstić information content (AvgIpc) is 3.00. The molecule has 8 heteroatoms. The fourth-order valence-electron chi connectivity index (χ4n) is 3.68. The van der Waals surface area contributed by atoms with Gasteiger partial charge in [0.2, 0.25) is 0 Å². The third-order valence-corrected chi connectivity index (χ3v) is 5.09. The van der Waals surface area contributed by atoms with Gasteiger partial charge in [-0.15, -0.1) is 0 Å². The van der Waals surface area contributed by atoms with E-state index < -0.39 is 22.3 Å². The summed E-state index contributed by atoms with van der Waals surface area (Å²) in [5, 5.41) is 11.7. The van der Waals surface area contributed by atoms with Crippen LogP contribution in [0.5, 0.6) is 5.75 Å². The van der Waals surface area contributed by atoms with Crippen molar-refractivity contribution in [2.45, 2.75) is 65.0 Å². The van der Waals surface area contributed by atoms with Gasteiger partial charge in [-0.2, -0.15) is 0 Å². The first kappa shape index (κ1) is 23.5. The molecule has 0 N–H and O–H groups in total. The summed E-state index contributed by atoms with van der Waals surface area (Å²) >= 11 is 0. The maximum absolute atomic E-state index is 12.8. The zero-order chi connectivity index (χ0) is 23.5. The molecule has 0 saturated carbocycles. The normalized spacial score (nSPS) is 17.8. The van der Waals surface area contributed by atoms with E-state index in [9.17, 15) is 14.9 Å². The molecule has 0 aromatic heterocycles. The third-order valence-electron chi connectivity index (χ3n) is 5.09. The Morgan fingerprint density at radius 2 is 1.88 bits per heavy atom. The monoisotopic (exact) mass is 442 g/mol. The van der Waals surface area contributed by atoms with Gasteiger partial charge in [0.25, 0.3) is 0 Å². The number of hydrogen-bond donors (Lipinski definition) is 0. The molecule has 8 nitrogen and oxygen atoms in total. The number of carbonyl (C=O) groups excluding carboxylic acids is 1. The van der Waals surface area contributed by atoms with Crippen molar-refractivity contribution >= 4 is 11.8 Å². The Bertz CT molecular complexity index is 968. The molecule has 1 unspecified atom stereocenters. The van der Waals surface area contributed by atoms with Gasteiger partial charge in [0, 0.05) is 6.07 Å². The minimum atomic E-state index is -0.836. The lowest BCUT2D eigenvalue weighted by Crippen LogP contribution is -2.50. The molecule has 1 saturated heterocycles. The molecule has 3 rings (SSSR count). The number of rotatable bonds is 6. The highest BCUT2D eigenvalue weighted by molar-refractivity contribution is 5.70. The van der Waals surface area contributed by atoms with Crippen molar-refractivity contribution in [3.63, 3.8) is 0 Å². The summed E-state index contributed by atoms with van der Waals surface area (Å²) in [5.74, 6) is 0.203. The van der Waals surface area contributed by atoms with Crippen molar-refractivity contribution < 1.29 is 23.9 Å². The molecule has 1 heterocycles. The molecule has 1 aliphatic rings. The van der Waals surface area contributed by atoms with Gasteiger partial charge in [0.05, 0.1) is 17.6 Å². The van der Waals surface area contributed by atoms with Crippen LogP contribution in [0.3, 0.4) is 0 Å². The molecule has 0 aliphatic carbocycles. The maximum atomic E-state index is 12.8. The molecule has 0 spiro atoms. The third kappa shape index (κ3) is 5.76. The fourth-order valence-corrected chi connectivity index (χ4v) is 3.68. The molecule has 2 aromatic carbocycles. The average molecular weight is 443 g/mol. The number of benzene rings is 2. The van der Waals surface area contributed by atoms with Crippen LogP contribution < -0.4 is 4.74 Å². The quantitative estimate of drug-likeness (QED) is 0.457. The molecule has 0 bridgehead atoms. The standard InChI is InChI=1S/C24H30N2O6/c1-23(2,3)32-22(27)25-19(16-31-24(25,4)5)13-18-11-12-21(20(14-18)26(28)29)30-15-17-9-7-6-8-10-17/h6-12,14,19H,13,15-16H2,1-5H3. The first-order valence-corrected chi connectivity index (χ1v) is 10.6. The van der Waals surface area contributed by atoms with Gasteiger partial charge in [-0.25, -0.2) is 4.79 Å². The van der Waals surface area contributed by atoms with E-state index in [0.29, 0.717) is 18.6 Å². The van der Waals surface area contributed by atoms with Crippen LogP contribution in [0.15, 0.2) is 48.5 Å². The van der Waals surface area contributed by atoms with E-state index in [1.807, 2.05) is 30.3 Å². The summed E-state index contributed by atoms with van der Waals surface area (Å²) in [6, 6.07) is 14.0. The van der Waals surface area contributed by atoms with Gasteiger partial charge in [-0.1, -0.05) is 36.4 Å². The number of carbonyl (C=O) groups is 1. The van der Waals surface area contributed by atoms with Gasteiger partial charge in [-0.05, 0) is 58.2 Å². The van der Waals surface area contributed by atoms with Crippen LogP contribution in [0, 0.1) is 10.1 Å². The lowest BCUT2D eigenvalue weighted by molar-refractivity contribution is -0.386. The summed E-state index contributed by atoms with van der Waals surface area (Å²) in [5.41, 5.74) is 0.0439. The SMILES string of the molecule is CC(C)(C)OC(=O)N1C(Cc2ccc(OCc3ccccc3)c([N+](=O)[O-])c2)COC1(C)C. The maximum Gasteiger partial charge on any atom is 0.412 e. The summed E-state index contributed by atoms with van der Waals surface area (Å²) in [4.78, 5) is 25.6. The highest BCUT2D eigenvalue weighted by Crippen LogP contribution is 2.33. The van der Waals surface area contributed by atoms with Crippen molar-refractivity contribution in [3.8, 4) is 5.75 Å². The second kappa shape index (κ2) is 9.16. The van der Waals surface area contributed by atoms with E-state index in [2.05, 4.69) is 0 Å². The van der Waals surface area contributed by atoms with Gasteiger partial charge >= 0.3 is 11.8 Å². The van der Waals surface area contributed by atoms with Crippen LogP contribution in [-0.2, 0) is 22.5 Å². The topological polar surface area (TPSA) is 91.1 Å². The van der Waals surface area contributed by atoms with Crippen molar-refractivity contribution in [2.24, 2.45) is 0 Å². The molecule has 1 aliphatic heterocycles. The molecule has 1 atom stereocenters. The van der Waals surface area contributed by atoms with E-state index in [0.717, 1.165) is 5.56 Å². The van der Waals surface area contributed by atoms with Crippen LogP contribution in [0.1, 0.15) is 45.7 Å². The minimum absolute atomic E-state index is 0.111. The van der Waals surface area contributed by atoms with E-state index >= 15 is 0 Å². The molecule has 172 valence electrons. The Balaban J connectivity index is 1.78. The molecular weight excluding hydrogens is 412 g/mol. The summed E-state index contributed by atoms with van der Waals surface area (Å²) < 4.78 is 17.1. The van der Waals surface area contributed by atoms with E-state index in [4.69, 9.17) is 14.2 Å². The predicted octanol–water partition coefficient (Wildman–Crippen LogP) is 5.09. The van der Waals surface area contributed by atoms with Crippen LogP contribution >= 0.6 is 0 Å². The van der Waals surface area contributed by atoms with Crippen LogP contribution in [-0.4, -0.2) is 39.9 Å². The van der Waals surface area contributed by atoms with Gasteiger partial charge < -0.3 is 14.2 Å². The fraction of sp³-hybridized carbons (Fsp3) is 0.458. The Hall–Kier alpha value is -3.13. The lowest BCUT2D eigenvalue weighted by Gasteiger charge is -2.35. The highest BCUT2D eigenvalue weighted by atomic mass is 16.6. The van der Waals surface area contributed by atoms with Gasteiger partial charge in [0.15, 0.2) is 5.75 Å². The highest BCUT2D eigenvalue weighted by Gasteiger charge is 2.45. The smallest absolute Gasteiger partial charge is 0.412 e. The summed E-state index contributed by atoms with van der Waals surface area (Å²) in [6.07, 6.45) is -0.0787. The Morgan fingerprint density at radius 3 is 2.50 bits per heavy atom. The molecule has 1 fully saturated rings. The number of ether oxygens (including phenoxy) is 3. The van der Waals surface area contributed by atoms with Crippen LogP contribution in [0.25, 0.3) is 0 Å². The predicted molar refractivity (Wildman–Crippen MR) is 119 cm³/mol. The summed E-state index contributed by atoms with van der Waals surface area (Å²) in [7, 11) is 0. The van der Waals surface area contributed by atoms with Crippen LogP contribution in [0.2, 0.25) is 0 Å². The Morgan fingerprint density at radius 1 is 1.19 bits per heavy atom. The molecule has 0 radical (unpaired) electrons. The molecule has 1 amide bonds. The first-order valence-electron chi connectivity index (χ1n) is 10.6. The summed E-state index contributed by atoms with van der Waals surface area (Å²) in [6.45, 7) is 9.58. The number of hydrogen-bond acceptors (Lipinski definition) is 6. The van der Waals surface area contributed by atoms with Gasteiger partial charge in [-0.3, -0.25) is 15.0 Å². The van der Waals surface area contributed by atoms with Crippen molar-refractivity contribution in [3.05, 3.63) is 69.8 Å². The van der Waals surface area contributed by atoms with E-state index in [-0.39, 0.29) is 24.1 Å². The lowest BCUT2D eigenvalue weighted by atomic mass is 10.0. The molecule has 32 heavy (non-hydrogen) atoms. The van der Waals surface area contributed by atoms with E-state index in [1.54, 1.807) is 51.7 Å². The second-order valence-corrected chi connectivity index (χ2v) is 9.30. The minimum Gasteiger partial charge on any atom is -0.482 e. The molecular formula is C24H30N2O6. The largest absolute Gasteiger partial charge is 0.482 e. The number of nitro benzene ring substituents is 1. The zero-order valence-corrected chi connectivity index (χ0v) is 19.2. The van der Waals surface area contributed by atoms with E-state index in [1.165, 1.54) is 6.07 Å². The molecule has 2 aromatic rings. The van der Waals surface area contributed by atoms with Crippen molar-refractivity contribution in [2.75, 3.05) is 6.61 Å². The first-order chi connectivity index (χ1) is 15.0. The second-order valence-electron chi connectivity index (χ2n) is 9.30.